The van der Waals surface area contributed by atoms with Gasteiger partial charge in [-0.3, -0.25) is 14.5 Å². The minimum absolute atomic E-state index is 0.0726. The van der Waals surface area contributed by atoms with Crippen molar-refractivity contribution >= 4 is 28.8 Å². The van der Waals surface area contributed by atoms with Crippen molar-refractivity contribution in [1.29, 1.82) is 0 Å². The molecule has 1 atom stereocenters. The van der Waals surface area contributed by atoms with Crippen molar-refractivity contribution in [3.63, 3.8) is 0 Å². The molecule has 0 bridgehead atoms. The number of anilines is 2. The number of methoxy groups -OCH3 is 1. The lowest BCUT2D eigenvalue weighted by molar-refractivity contribution is -0.132. The highest BCUT2D eigenvalue weighted by molar-refractivity contribution is 6.51. The third-order valence-corrected chi connectivity index (χ3v) is 7.22. The van der Waals surface area contributed by atoms with E-state index in [2.05, 4.69) is 18.7 Å². The molecule has 0 aliphatic carbocycles. The topological polar surface area (TPSA) is 70.1 Å². The molecule has 6 heteroatoms. The summed E-state index contributed by atoms with van der Waals surface area (Å²) in [5.74, 6) is -0.890. The van der Waals surface area contributed by atoms with Crippen LogP contribution in [-0.4, -0.2) is 37.0 Å². The van der Waals surface area contributed by atoms with Gasteiger partial charge in [0.2, 0.25) is 0 Å². The number of benzene rings is 3. The Morgan fingerprint density at radius 3 is 2.14 bits per heavy atom. The van der Waals surface area contributed by atoms with Crippen molar-refractivity contribution in [2.24, 2.45) is 0 Å². The number of aliphatic hydroxyl groups is 1. The van der Waals surface area contributed by atoms with Gasteiger partial charge in [-0.15, -0.1) is 0 Å². The zero-order chi connectivity index (χ0) is 26.9. The van der Waals surface area contributed by atoms with Crippen LogP contribution in [0, 0.1) is 20.8 Å². The molecular weight excluding hydrogens is 464 g/mol. The van der Waals surface area contributed by atoms with Gasteiger partial charge in [0.15, 0.2) is 0 Å². The van der Waals surface area contributed by atoms with Crippen LogP contribution < -0.4 is 14.5 Å². The molecule has 0 radical (unpaired) electrons. The van der Waals surface area contributed by atoms with Crippen LogP contribution in [0.15, 0.2) is 66.2 Å². The molecule has 6 nitrogen and oxygen atoms in total. The van der Waals surface area contributed by atoms with Gasteiger partial charge in [-0.25, -0.2) is 0 Å². The number of rotatable bonds is 7. The Balaban J connectivity index is 1.91. The Morgan fingerprint density at radius 1 is 0.892 bits per heavy atom. The van der Waals surface area contributed by atoms with Crippen molar-refractivity contribution in [2.45, 2.75) is 40.7 Å². The van der Waals surface area contributed by atoms with E-state index >= 15 is 0 Å². The van der Waals surface area contributed by atoms with Gasteiger partial charge in [-0.1, -0.05) is 18.2 Å². The minimum Gasteiger partial charge on any atom is -0.507 e. The summed E-state index contributed by atoms with van der Waals surface area (Å²) < 4.78 is 5.35. The first-order valence-corrected chi connectivity index (χ1v) is 12.6. The monoisotopic (exact) mass is 498 g/mol. The zero-order valence-electron chi connectivity index (χ0n) is 22.3. The molecule has 1 amide bonds. The fourth-order valence-electron chi connectivity index (χ4n) is 4.93. The van der Waals surface area contributed by atoms with Gasteiger partial charge in [-0.05, 0) is 99.3 Å². The highest BCUT2D eigenvalue weighted by Gasteiger charge is 2.47. The standard InChI is InChI=1S/C31H34N2O4/c1-7-32(8-2)24-14-10-22(11-15-24)28-27(29(34)23-12-16-26(37-6)21(5)17-23)30(35)31(36)33(28)25-13-9-19(3)20(4)18-25/h9-18,28,34H,7-8H2,1-6H3/b29-27+. The first-order valence-electron chi connectivity index (χ1n) is 12.6. The normalized spacial score (nSPS) is 16.8. The lowest BCUT2D eigenvalue weighted by atomic mass is 9.94. The van der Waals surface area contributed by atoms with Crippen LogP contribution in [0.25, 0.3) is 5.76 Å². The van der Waals surface area contributed by atoms with Gasteiger partial charge in [0, 0.05) is 30.0 Å². The molecule has 4 rings (SSSR count). The number of carbonyl (C=O) groups is 2. The van der Waals surface area contributed by atoms with Crippen molar-refractivity contribution in [3.05, 3.63) is 94.1 Å². The third-order valence-electron chi connectivity index (χ3n) is 7.22. The maximum atomic E-state index is 13.5. The summed E-state index contributed by atoms with van der Waals surface area (Å²) >= 11 is 0. The zero-order valence-corrected chi connectivity index (χ0v) is 22.3. The van der Waals surface area contributed by atoms with E-state index in [1.54, 1.807) is 25.3 Å². The summed E-state index contributed by atoms with van der Waals surface area (Å²) in [6, 6.07) is 18.0. The summed E-state index contributed by atoms with van der Waals surface area (Å²) in [4.78, 5) is 30.7. The number of carbonyl (C=O) groups excluding carboxylic acids is 2. The maximum absolute atomic E-state index is 13.5. The van der Waals surface area contributed by atoms with Crippen LogP contribution in [-0.2, 0) is 9.59 Å². The van der Waals surface area contributed by atoms with E-state index in [1.807, 2.05) is 63.2 Å². The van der Waals surface area contributed by atoms with Gasteiger partial charge >= 0.3 is 0 Å². The van der Waals surface area contributed by atoms with Crippen molar-refractivity contribution in [3.8, 4) is 5.75 Å². The van der Waals surface area contributed by atoms with E-state index in [9.17, 15) is 14.7 Å². The summed E-state index contributed by atoms with van der Waals surface area (Å²) in [6.07, 6.45) is 0. The lowest BCUT2D eigenvalue weighted by Crippen LogP contribution is -2.29. The largest absolute Gasteiger partial charge is 0.507 e. The number of amides is 1. The fraction of sp³-hybridized carbons (Fsp3) is 0.290. The number of Topliss-reactive ketones (excluding diaryl/α,β-unsaturated/α-hetero) is 1. The van der Waals surface area contributed by atoms with Crippen molar-refractivity contribution < 1.29 is 19.4 Å². The third kappa shape index (κ3) is 4.71. The summed E-state index contributed by atoms with van der Waals surface area (Å²) in [7, 11) is 1.58. The Hall–Kier alpha value is -4.06. The smallest absolute Gasteiger partial charge is 0.300 e. The van der Waals surface area contributed by atoms with E-state index in [-0.39, 0.29) is 11.3 Å². The molecule has 3 aromatic rings. The average Bonchev–Trinajstić information content (AvgIpc) is 3.16. The van der Waals surface area contributed by atoms with Gasteiger partial charge in [0.25, 0.3) is 11.7 Å². The molecule has 37 heavy (non-hydrogen) atoms. The van der Waals surface area contributed by atoms with Crippen LogP contribution in [0.1, 0.15) is 47.7 Å². The quantitative estimate of drug-likeness (QED) is 0.242. The summed E-state index contributed by atoms with van der Waals surface area (Å²) in [5.41, 5.74) is 5.88. The molecule has 1 saturated heterocycles. The van der Waals surface area contributed by atoms with E-state index in [4.69, 9.17) is 4.74 Å². The van der Waals surface area contributed by atoms with E-state index < -0.39 is 17.7 Å². The Morgan fingerprint density at radius 2 is 1.57 bits per heavy atom. The van der Waals surface area contributed by atoms with Gasteiger partial charge in [-0.2, -0.15) is 0 Å². The predicted octanol–water partition coefficient (Wildman–Crippen LogP) is 6.09. The number of ketones is 1. The van der Waals surface area contributed by atoms with Crippen LogP contribution in [0.3, 0.4) is 0 Å². The maximum Gasteiger partial charge on any atom is 0.300 e. The van der Waals surface area contributed by atoms with Gasteiger partial charge in [0.1, 0.15) is 11.5 Å². The molecule has 3 aromatic carbocycles. The first-order chi connectivity index (χ1) is 17.7. The highest BCUT2D eigenvalue weighted by atomic mass is 16.5. The number of ether oxygens (including phenoxy) is 1. The number of nitrogens with zero attached hydrogens (tertiary/aromatic N) is 2. The molecule has 1 unspecified atom stereocenters. The van der Waals surface area contributed by atoms with E-state index in [1.165, 1.54) is 4.90 Å². The van der Waals surface area contributed by atoms with E-state index in [0.717, 1.165) is 41.0 Å². The van der Waals surface area contributed by atoms with Crippen molar-refractivity contribution in [1.82, 2.24) is 0 Å². The molecule has 1 fully saturated rings. The Labute approximate surface area is 218 Å². The molecule has 1 aliphatic heterocycles. The molecule has 1 heterocycles. The molecule has 1 aliphatic rings. The average molecular weight is 499 g/mol. The lowest BCUT2D eigenvalue weighted by Gasteiger charge is -2.27. The molecule has 0 saturated carbocycles. The van der Waals surface area contributed by atoms with Crippen LogP contribution in [0.4, 0.5) is 11.4 Å². The van der Waals surface area contributed by atoms with E-state index in [0.29, 0.717) is 17.0 Å². The van der Waals surface area contributed by atoms with Crippen LogP contribution in [0.2, 0.25) is 0 Å². The number of aryl methyl sites for hydroxylation is 3. The number of hydrogen-bond donors (Lipinski definition) is 1. The SMILES string of the molecule is CCN(CC)c1ccc(C2/C(=C(\O)c3ccc(OC)c(C)c3)C(=O)C(=O)N2c2ccc(C)c(C)c2)cc1. The van der Waals surface area contributed by atoms with Crippen molar-refractivity contribution in [2.75, 3.05) is 30.0 Å². The number of aliphatic hydroxyl groups excluding tert-OH is 1. The van der Waals surface area contributed by atoms with Crippen LogP contribution in [0.5, 0.6) is 5.75 Å². The molecular formula is C31H34N2O4. The minimum atomic E-state index is -0.768. The second-order valence-electron chi connectivity index (χ2n) is 9.39. The second-order valence-corrected chi connectivity index (χ2v) is 9.39. The van der Waals surface area contributed by atoms with Gasteiger partial charge in [0.05, 0.1) is 18.7 Å². The Bertz CT molecular complexity index is 1370. The van der Waals surface area contributed by atoms with Gasteiger partial charge < -0.3 is 14.7 Å². The fourth-order valence-corrected chi connectivity index (χ4v) is 4.93. The Kier molecular flexibility index (Phi) is 7.39. The number of hydrogen-bond acceptors (Lipinski definition) is 5. The first kappa shape index (κ1) is 26.0. The highest BCUT2D eigenvalue weighted by Crippen LogP contribution is 2.43. The summed E-state index contributed by atoms with van der Waals surface area (Å²) in [5, 5.41) is 11.4. The van der Waals surface area contributed by atoms with Crippen LogP contribution >= 0.6 is 0 Å². The molecule has 1 N–H and O–H groups in total. The summed E-state index contributed by atoms with van der Waals surface area (Å²) in [6.45, 7) is 11.8. The molecule has 0 spiro atoms. The second kappa shape index (κ2) is 10.5. The predicted molar refractivity (Wildman–Crippen MR) is 148 cm³/mol. The molecule has 192 valence electrons. The molecule has 0 aromatic heterocycles.